The maximum atomic E-state index is 5.92. The van der Waals surface area contributed by atoms with Crippen molar-refractivity contribution in [3.8, 4) is 5.75 Å². The van der Waals surface area contributed by atoms with E-state index in [4.69, 9.17) is 16.3 Å². The molecule has 3 heteroatoms. The average Bonchev–Trinajstić information content (AvgIpc) is 2.38. The zero-order chi connectivity index (χ0) is 12.7. The molecule has 0 aliphatic carbocycles. The molecule has 0 amide bonds. The lowest BCUT2D eigenvalue weighted by atomic mass is 10.0. The highest BCUT2D eigenvalue weighted by molar-refractivity contribution is 6.18. The summed E-state index contributed by atoms with van der Waals surface area (Å²) in [5.74, 6) is 1.47. The summed E-state index contributed by atoms with van der Waals surface area (Å²) in [6, 6.07) is 6.46. The van der Waals surface area contributed by atoms with Crippen LogP contribution < -0.4 is 10.1 Å². The molecule has 0 heterocycles. The molecule has 0 aliphatic rings. The lowest BCUT2D eigenvalue weighted by Crippen LogP contribution is -2.32. The summed E-state index contributed by atoms with van der Waals surface area (Å²) in [6.07, 6.45) is 2.73. The fraction of sp³-hybridized carbons (Fsp3) is 0.429. The van der Waals surface area contributed by atoms with Gasteiger partial charge in [-0.15, -0.1) is 11.6 Å². The van der Waals surface area contributed by atoms with Gasteiger partial charge in [0, 0.05) is 17.5 Å². The summed E-state index contributed by atoms with van der Waals surface area (Å²) in [7, 11) is 1.67. The molecular weight excluding hydrogens is 234 g/mol. The summed E-state index contributed by atoms with van der Waals surface area (Å²) in [4.78, 5) is 0. The minimum atomic E-state index is 0.313. The van der Waals surface area contributed by atoms with Gasteiger partial charge in [0.1, 0.15) is 5.75 Å². The highest BCUT2D eigenvalue weighted by atomic mass is 35.5. The first-order chi connectivity index (χ1) is 8.24. The molecule has 2 nitrogen and oxygen atoms in total. The van der Waals surface area contributed by atoms with Crippen LogP contribution in [-0.2, 0) is 6.42 Å². The average molecular weight is 254 g/mol. The lowest BCUT2D eigenvalue weighted by Gasteiger charge is -2.15. The maximum Gasteiger partial charge on any atom is 0.126 e. The Morgan fingerprint density at radius 2 is 2.29 bits per heavy atom. The third-order valence-corrected chi connectivity index (χ3v) is 3.05. The summed E-state index contributed by atoms with van der Waals surface area (Å²) >= 11 is 5.92. The van der Waals surface area contributed by atoms with Gasteiger partial charge in [-0.1, -0.05) is 25.6 Å². The van der Waals surface area contributed by atoms with Crippen LogP contribution in [0.2, 0.25) is 0 Å². The van der Waals surface area contributed by atoms with Crippen LogP contribution in [0.15, 0.2) is 24.8 Å². The fourth-order valence-electron chi connectivity index (χ4n) is 1.82. The van der Waals surface area contributed by atoms with Gasteiger partial charge in [0.2, 0.25) is 0 Å². The van der Waals surface area contributed by atoms with Crippen molar-refractivity contribution in [2.45, 2.75) is 19.4 Å². The van der Waals surface area contributed by atoms with Crippen LogP contribution >= 0.6 is 11.6 Å². The number of halogens is 1. The smallest absolute Gasteiger partial charge is 0.126 e. The number of ether oxygens (including phenoxy) is 1. The Bertz CT molecular complexity index is 365. The minimum absolute atomic E-state index is 0.313. The van der Waals surface area contributed by atoms with Gasteiger partial charge in [-0.05, 0) is 30.7 Å². The van der Waals surface area contributed by atoms with Crippen LogP contribution in [0.1, 0.15) is 18.1 Å². The van der Waals surface area contributed by atoms with E-state index in [-0.39, 0.29) is 0 Å². The lowest BCUT2D eigenvalue weighted by molar-refractivity contribution is 0.413. The Hall–Kier alpha value is -0.990. The molecule has 1 aromatic carbocycles. The molecule has 0 fully saturated rings. The molecular formula is C14H20ClNO. The van der Waals surface area contributed by atoms with E-state index in [1.165, 1.54) is 5.56 Å². The van der Waals surface area contributed by atoms with E-state index in [2.05, 4.69) is 31.0 Å². The van der Waals surface area contributed by atoms with E-state index in [1.54, 1.807) is 7.11 Å². The maximum absolute atomic E-state index is 5.92. The fourth-order valence-corrected chi connectivity index (χ4v) is 2.04. The van der Waals surface area contributed by atoms with E-state index >= 15 is 0 Å². The predicted octanol–water partition coefficient (Wildman–Crippen LogP) is 3.10. The molecule has 1 rings (SSSR count). The zero-order valence-corrected chi connectivity index (χ0v) is 11.3. The molecule has 1 N–H and O–H groups in total. The van der Waals surface area contributed by atoms with Crippen LogP contribution in [0.5, 0.6) is 5.75 Å². The van der Waals surface area contributed by atoms with E-state index in [0.717, 1.165) is 24.3 Å². The van der Waals surface area contributed by atoms with Crippen LogP contribution in [0.25, 0.3) is 6.08 Å². The van der Waals surface area contributed by atoms with Crippen molar-refractivity contribution in [1.29, 1.82) is 0 Å². The quantitative estimate of drug-likeness (QED) is 0.754. The molecule has 17 heavy (non-hydrogen) atoms. The number of benzene rings is 1. The van der Waals surface area contributed by atoms with E-state index in [9.17, 15) is 0 Å². The second kappa shape index (κ2) is 7.36. The Morgan fingerprint density at radius 1 is 1.53 bits per heavy atom. The van der Waals surface area contributed by atoms with E-state index < -0.39 is 0 Å². The summed E-state index contributed by atoms with van der Waals surface area (Å²) in [5.41, 5.74) is 2.27. The number of rotatable bonds is 7. The molecule has 1 atom stereocenters. The molecule has 94 valence electrons. The summed E-state index contributed by atoms with van der Waals surface area (Å²) < 4.78 is 5.26. The number of hydrogen-bond donors (Lipinski definition) is 1. The van der Waals surface area contributed by atoms with Gasteiger partial charge in [-0.2, -0.15) is 0 Å². The standard InChI is InChI=1S/C14H20ClNO/c1-4-12-8-11(6-7-14(12)17-3)9-13(10-15)16-5-2/h4,6-8,13,16H,1,5,9-10H2,2-3H3. The van der Waals surface area contributed by atoms with Gasteiger partial charge in [0.15, 0.2) is 0 Å². The van der Waals surface area contributed by atoms with E-state index in [1.807, 2.05) is 12.1 Å². The van der Waals surface area contributed by atoms with Gasteiger partial charge in [-0.25, -0.2) is 0 Å². The van der Waals surface area contributed by atoms with Gasteiger partial charge < -0.3 is 10.1 Å². The monoisotopic (exact) mass is 253 g/mol. The van der Waals surface area contributed by atoms with Crippen molar-refractivity contribution < 1.29 is 4.74 Å². The minimum Gasteiger partial charge on any atom is -0.496 e. The van der Waals surface area contributed by atoms with Gasteiger partial charge >= 0.3 is 0 Å². The molecule has 0 bridgehead atoms. The van der Waals surface area contributed by atoms with Crippen molar-refractivity contribution in [2.75, 3.05) is 19.5 Å². The van der Waals surface area contributed by atoms with Gasteiger partial charge in [0.05, 0.1) is 7.11 Å². The highest BCUT2D eigenvalue weighted by Crippen LogP contribution is 2.21. The zero-order valence-electron chi connectivity index (χ0n) is 10.5. The first-order valence-corrected chi connectivity index (χ1v) is 6.37. The molecule has 0 saturated heterocycles. The SMILES string of the molecule is C=Cc1cc(CC(CCl)NCC)ccc1OC. The molecule has 0 saturated carbocycles. The second-order valence-electron chi connectivity index (χ2n) is 3.89. The first-order valence-electron chi connectivity index (χ1n) is 5.83. The second-order valence-corrected chi connectivity index (χ2v) is 4.20. The van der Waals surface area contributed by atoms with E-state index in [0.29, 0.717) is 11.9 Å². The molecule has 1 aromatic rings. The molecule has 1 unspecified atom stereocenters. The van der Waals surface area contributed by atoms with Gasteiger partial charge in [-0.3, -0.25) is 0 Å². The van der Waals surface area contributed by atoms with Crippen molar-refractivity contribution in [2.24, 2.45) is 0 Å². The number of nitrogens with one attached hydrogen (secondary N) is 1. The normalized spacial score (nSPS) is 12.2. The van der Waals surface area contributed by atoms with Crippen LogP contribution in [-0.4, -0.2) is 25.6 Å². The topological polar surface area (TPSA) is 21.3 Å². The van der Waals surface area contributed by atoms with Crippen molar-refractivity contribution in [1.82, 2.24) is 5.32 Å². The Labute approximate surface area is 109 Å². The molecule has 0 aliphatic heterocycles. The Balaban J connectivity index is 2.81. The molecule has 0 aromatic heterocycles. The molecule has 0 radical (unpaired) electrons. The Morgan fingerprint density at radius 3 is 2.82 bits per heavy atom. The van der Waals surface area contributed by atoms with Crippen LogP contribution in [0.4, 0.5) is 0 Å². The third kappa shape index (κ3) is 4.06. The third-order valence-electron chi connectivity index (χ3n) is 2.68. The first kappa shape index (κ1) is 14.1. The Kier molecular flexibility index (Phi) is 6.09. The van der Waals surface area contributed by atoms with Crippen molar-refractivity contribution in [3.05, 3.63) is 35.9 Å². The van der Waals surface area contributed by atoms with Crippen molar-refractivity contribution in [3.63, 3.8) is 0 Å². The molecule has 0 spiro atoms. The highest BCUT2D eigenvalue weighted by Gasteiger charge is 2.08. The van der Waals surface area contributed by atoms with Gasteiger partial charge in [0.25, 0.3) is 0 Å². The summed E-state index contributed by atoms with van der Waals surface area (Å²) in [5, 5.41) is 3.36. The summed E-state index contributed by atoms with van der Waals surface area (Å²) in [6.45, 7) is 6.81. The van der Waals surface area contributed by atoms with Crippen LogP contribution in [0, 0.1) is 0 Å². The number of hydrogen-bond acceptors (Lipinski definition) is 2. The predicted molar refractivity (Wildman–Crippen MR) is 75.0 cm³/mol. The number of alkyl halides is 1. The van der Waals surface area contributed by atoms with Crippen LogP contribution in [0.3, 0.4) is 0 Å². The van der Waals surface area contributed by atoms with Crippen molar-refractivity contribution >= 4 is 17.7 Å². The number of methoxy groups -OCH3 is 1. The largest absolute Gasteiger partial charge is 0.496 e. The number of likely N-dealkylation sites (N-methyl/N-ethyl adjacent to an activating group) is 1.